The van der Waals surface area contributed by atoms with E-state index in [9.17, 15) is 9.59 Å². The summed E-state index contributed by atoms with van der Waals surface area (Å²) in [6.07, 6.45) is 0.174. The first kappa shape index (κ1) is 16.5. The number of carbonyl (C=O) groups is 2. The molecule has 0 bridgehead atoms. The van der Waals surface area contributed by atoms with Gasteiger partial charge in [0.05, 0.1) is 38.5 Å². The smallest absolute Gasteiger partial charge is 0.245 e. The van der Waals surface area contributed by atoms with E-state index in [2.05, 4.69) is 21.1 Å². The Balaban J connectivity index is 1.99. The highest BCUT2D eigenvalue weighted by molar-refractivity contribution is 6.11. The van der Waals surface area contributed by atoms with E-state index in [-0.39, 0.29) is 24.7 Å². The highest BCUT2D eigenvalue weighted by Crippen LogP contribution is 2.27. The van der Waals surface area contributed by atoms with Gasteiger partial charge in [-0.1, -0.05) is 0 Å². The summed E-state index contributed by atoms with van der Waals surface area (Å²) in [4.78, 5) is 22.8. The predicted molar refractivity (Wildman–Crippen MR) is 84.7 cm³/mol. The summed E-state index contributed by atoms with van der Waals surface area (Å²) in [5.41, 5.74) is 6.64. The number of rotatable bonds is 6. The van der Waals surface area contributed by atoms with Gasteiger partial charge in [0, 0.05) is 5.56 Å². The molecule has 1 heterocycles. The molecule has 23 heavy (non-hydrogen) atoms. The van der Waals surface area contributed by atoms with E-state index in [1.807, 2.05) is 6.07 Å². The van der Waals surface area contributed by atoms with Crippen molar-refractivity contribution in [2.75, 3.05) is 14.2 Å². The van der Waals surface area contributed by atoms with Crippen LogP contribution in [0.5, 0.6) is 11.5 Å². The maximum Gasteiger partial charge on any atom is 0.245 e. The molecule has 2 N–H and O–H groups in total. The summed E-state index contributed by atoms with van der Waals surface area (Å²) in [7, 11) is 3.11. The SMILES string of the molecule is COc1ccc(C(C)=NNC(=O)CC2=NNC(=O)C2)cc1OC. The van der Waals surface area contributed by atoms with Crippen LogP contribution >= 0.6 is 0 Å². The normalized spacial score (nSPS) is 14.1. The molecule has 1 aromatic rings. The molecule has 8 nitrogen and oxygen atoms in total. The molecule has 0 aromatic heterocycles. The third kappa shape index (κ3) is 4.29. The molecule has 8 heteroatoms. The first-order chi connectivity index (χ1) is 11.0. The standard InChI is InChI=1S/C15H18N4O4/c1-9(10-4-5-12(22-2)13(6-10)23-3)16-18-14(20)7-11-8-15(21)19-17-11/h4-6H,7-8H2,1-3H3,(H,18,20)(H,19,21). The van der Waals surface area contributed by atoms with Crippen LogP contribution in [-0.4, -0.2) is 37.5 Å². The van der Waals surface area contributed by atoms with Crippen molar-refractivity contribution >= 4 is 23.2 Å². The summed E-state index contributed by atoms with van der Waals surface area (Å²) < 4.78 is 10.4. The summed E-state index contributed by atoms with van der Waals surface area (Å²) in [5, 5.41) is 7.81. The zero-order valence-corrected chi connectivity index (χ0v) is 13.2. The number of benzene rings is 1. The van der Waals surface area contributed by atoms with E-state index in [1.54, 1.807) is 33.3 Å². The molecule has 2 amide bonds. The molecule has 0 unspecified atom stereocenters. The van der Waals surface area contributed by atoms with Crippen LogP contribution in [0.4, 0.5) is 0 Å². The maximum atomic E-state index is 11.8. The summed E-state index contributed by atoms with van der Waals surface area (Å²) in [5.74, 6) is 0.651. The number of carbonyl (C=O) groups excluding carboxylic acids is 2. The largest absolute Gasteiger partial charge is 0.493 e. The number of ether oxygens (including phenoxy) is 2. The highest BCUT2D eigenvalue weighted by Gasteiger charge is 2.17. The van der Waals surface area contributed by atoms with Crippen molar-refractivity contribution in [2.45, 2.75) is 19.8 Å². The van der Waals surface area contributed by atoms with Crippen LogP contribution in [0.1, 0.15) is 25.3 Å². The minimum absolute atomic E-state index is 0.0292. The van der Waals surface area contributed by atoms with Crippen molar-refractivity contribution in [3.05, 3.63) is 23.8 Å². The molecule has 0 saturated carbocycles. The van der Waals surface area contributed by atoms with Crippen molar-refractivity contribution < 1.29 is 19.1 Å². The molecule has 0 aliphatic carbocycles. The Bertz CT molecular complexity index is 682. The van der Waals surface area contributed by atoms with Gasteiger partial charge in [-0.3, -0.25) is 9.59 Å². The van der Waals surface area contributed by atoms with Crippen LogP contribution < -0.4 is 20.3 Å². The summed E-state index contributed by atoms with van der Waals surface area (Å²) >= 11 is 0. The van der Waals surface area contributed by atoms with Crippen LogP contribution in [0.25, 0.3) is 0 Å². The monoisotopic (exact) mass is 318 g/mol. The number of methoxy groups -OCH3 is 2. The minimum Gasteiger partial charge on any atom is -0.493 e. The highest BCUT2D eigenvalue weighted by atomic mass is 16.5. The predicted octanol–water partition coefficient (Wildman–Crippen LogP) is 0.810. The molecule has 1 aliphatic rings. The molecule has 0 saturated heterocycles. The molecule has 0 fully saturated rings. The van der Waals surface area contributed by atoms with Gasteiger partial charge in [-0.05, 0) is 25.1 Å². The first-order valence-corrected chi connectivity index (χ1v) is 6.93. The molecule has 122 valence electrons. The Morgan fingerprint density at radius 3 is 2.70 bits per heavy atom. The van der Waals surface area contributed by atoms with Crippen LogP contribution in [0.15, 0.2) is 28.4 Å². The van der Waals surface area contributed by atoms with Gasteiger partial charge < -0.3 is 9.47 Å². The second kappa shape index (κ2) is 7.39. The summed E-state index contributed by atoms with van der Waals surface area (Å²) in [6.45, 7) is 1.76. The Kier molecular flexibility index (Phi) is 5.29. The quantitative estimate of drug-likeness (QED) is 0.598. The third-order valence-electron chi connectivity index (χ3n) is 3.22. The van der Waals surface area contributed by atoms with Gasteiger partial charge >= 0.3 is 0 Å². The van der Waals surface area contributed by atoms with Crippen LogP contribution in [0.2, 0.25) is 0 Å². The lowest BCUT2D eigenvalue weighted by atomic mass is 10.1. The van der Waals surface area contributed by atoms with Crippen molar-refractivity contribution in [1.82, 2.24) is 10.9 Å². The van der Waals surface area contributed by atoms with E-state index in [0.717, 1.165) is 5.56 Å². The fourth-order valence-electron chi connectivity index (χ4n) is 2.00. The fourth-order valence-corrected chi connectivity index (χ4v) is 2.00. The number of nitrogens with zero attached hydrogens (tertiary/aromatic N) is 2. The average Bonchev–Trinajstić information content (AvgIpc) is 2.96. The van der Waals surface area contributed by atoms with Crippen molar-refractivity contribution in [3.63, 3.8) is 0 Å². The Morgan fingerprint density at radius 2 is 2.09 bits per heavy atom. The van der Waals surface area contributed by atoms with Gasteiger partial charge in [0.15, 0.2) is 11.5 Å². The van der Waals surface area contributed by atoms with Crippen molar-refractivity contribution in [1.29, 1.82) is 0 Å². The summed E-state index contributed by atoms with van der Waals surface area (Å²) in [6, 6.07) is 5.35. The topological polar surface area (TPSA) is 101 Å². The van der Waals surface area contributed by atoms with Gasteiger partial charge in [0.2, 0.25) is 11.8 Å². The van der Waals surface area contributed by atoms with Gasteiger partial charge in [0.25, 0.3) is 0 Å². The molecule has 1 aromatic carbocycles. The van der Waals surface area contributed by atoms with E-state index >= 15 is 0 Å². The molecule has 0 atom stereocenters. The zero-order chi connectivity index (χ0) is 16.8. The Hall–Kier alpha value is -2.90. The van der Waals surface area contributed by atoms with E-state index in [4.69, 9.17) is 9.47 Å². The molecule has 0 radical (unpaired) electrons. The number of amides is 2. The second-order valence-electron chi connectivity index (χ2n) is 4.87. The lowest BCUT2D eigenvalue weighted by Gasteiger charge is -2.09. The molecule has 2 rings (SSSR count). The minimum atomic E-state index is -0.333. The van der Waals surface area contributed by atoms with Gasteiger partial charge in [0.1, 0.15) is 0 Å². The van der Waals surface area contributed by atoms with Gasteiger partial charge in [-0.2, -0.15) is 10.2 Å². The van der Waals surface area contributed by atoms with E-state index < -0.39 is 0 Å². The Labute approximate surface area is 133 Å². The van der Waals surface area contributed by atoms with E-state index in [0.29, 0.717) is 22.9 Å². The third-order valence-corrected chi connectivity index (χ3v) is 3.22. The number of hydrogen-bond donors (Lipinski definition) is 2. The second-order valence-corrected chi connectivity index (χ2v) is 4.87. The average molecular weight is 318 g/mol. The lowest BCUT2D eigenvalue weighted by molar-refractivity contribution is -0.119. The molecular formula is C15H18N4O4. The lowest BCUT2D eigenvalue weighted by Crippen LogP contribution is -2.22. The zero-order valence-electron chi connectivity index (χ0n) is 13.2. The number of hydrogen-bond acceptors (Lipinski definition) is 6. The van der Waals surface area contributed by atoms with E-state index in [1.165, 1.54) is 0 Å². The van der Waals surface area contributed by atoms with Crippen LogP contribution in [0.3, 0.4) is 0 Å². The van der Waals surface area contributed by atoms with Crippen LogP contribution in [-0.2, 0) is 9.59 Å². The van der Waals surface area contributed by atoms with Crippen LogP contribution in [0, 0.1) is 0 Å². The number of hydrazone groups is 2. The van der Waals surface area contributed by atoms with Gasteiger partial charge in [-0.25, -0.2) is 10.9 Å². The van der Waals surface area contributed by atoms with Gasteiger partial charge in [-0.15, -0.1) is 0 Å². The van der Waals surface area contributed by atoms with Crippen molar-refractivity contribution in [3.8, 4) is 11.5 Å². The molecule has 0 spiro atoms. The fraction of sp³-hybridized carbons (Fsp3) is 0.333. The maximum absolute atomic E-state index is 11.8. The number of nitrogens with one attached hydrogen (secondary N) is 2. The first-order valence-electron chi connectivity index (χ1n) is 6.93. The molecular weight excluding hydrogens is 300 g/mol. The Morgan fingerprint density at radius 1 is 1.35 bits per heavy atom. The molecule has 1 aliphatic heterocycles. The van der Waals surface area contributed by atoms with Crippen molar-refractivity contribution in [2.24, 2.45) is 10.2 Å².